The zero-order chi connectivity index (χ0) is 16.1. The first-order valence-electron chi connectivity index (χ1n) is 7.49. The second kappa shape index (κ2) is 7.19. The van der Waals surface area contributed by atoms with Crippen LogP contribution < -0.4 is 10.9 Å². The minimum absolute atomic E-state index is 0.0593. The Bertz CT molecular complexity index is 856. The highest BCUT2D eigenvalue weighted by Gasteiger charge is 2.08. The van der Waals surface area contributed by atoms with Crippen LogP contribution in [0.5, 0.6) is 0 Å². The quantitative estimate of drug-likeness (QED) is 0.729. The zero-order valence-corrected chi connectivity index (χ0v) is 13.4. The Hall–Kier alpha value is -2.47. The van der Waals surface area contributed by atoms with Gasteiger partial charge in [-0.3, -0.25) is 9.59 Å². The molecule has 1 aromatic carbocycles. The summed E-state index contributed by atoms with van der Waals surface area (Å²) in [5.41, 5.74) is 1.62. The standard InChI is InChI=1S/C17H17N3O2S/c21-16(18-10-9-12-4-3-11-23-12)8-7-15-17(22)20-14-6-2-1-5-13(14)19-15/h1-6,11H,7-10H2,(H,18,21)(H,20,22). The van der Waals surface area contributed by atoms with Crippen LogP contribution in [0.2, 0.25) is 0 Å². The van der Waals surface area contributed by atoms with Crippen molar-refractivity contribution in [2.45, 2.75) is 19.3 Å². The molecule has 0 radical (unpaired) electrons. The maximum atomic E-state index is 12.0. The lowest BCUT2D eigenvalue weighted by atomic mass is 10.2. The van der Waals surface area contributed by atoms with E-state index in [-0.39, 0.29) is 17.9 Å². The van der Waals surface area contributed by atoms with E-state index in [1.54, 1.807) is 11.3 Å². The van der Waals surface area contributed by atoms with E-state index in [9.17, 15) is 9.59 Å². The van der Waals surface area contributed by atoms with Gasteiger partial charge in [-0.2, -0.15) is 0 Å². The van der Waals surface area contributed by atoms with Gasteiger partial charge in [-0.25, -0.2) is 4.98 Å². The molecule has 0 unspecified atom stereocenters. The molecule has 2 heterocycles. The molecule has 6 heteroatoms. The second-order valence-corrected chi connectivity index (χ2v) is 6.24. The molecule has 0 fully saturated rings. The molecule has 23 heavy (non-hydrogen) atoms. The van der Waals surface area contributed by atoms with Crippen molar-refractivity contribution in [3.05, 3.63) is 62.7 Å². The van der Waals surface area contributed by atoms with Gasteiger partial charge in [-0.1, -0.05) is 18.2 Å². The van der Waals surface area contributed by atoms with E-state index >= 15 is 0 Å². The first-order valence-corrected chi connectivity index (χ1v) is 8.37. The summed E-state index contributed by atoms with van der Waals surface area (Å²) in [7, 11) is 0. The first-order chi connectivity index (χ1) is 11.2. The van der Waals surface area contributed by atoms with Crippen molar-refractivity contribution in [3.63, 3.8) is 0 Å². The number of nitrogens with one attached hydrogen (secondary N) is 2. The number of nitrogens with zero attached hydrogens (tertiary/aromatic N) is 1. The Balaban J connectivity index is 1.54. The number of hydrogen-bond donors (Lipinski definition) is 2. The normalized spacial score (nSPS) is 10.8. The molecule has 0 spiro atoms. The highest BCUT2D eigenvalue weighted by Crippen LogP contribution is 2.08. The van der Waals surface area contributed by atoms with E-state index in [4.69, 9.17) is 0 Å². The van der Waals surface area contributed by atoms with Gasteiger partial charge in [0.1, 0.15) is 5.69 Å². The monoisotopic (exact) mass is 327 g/mol. The molecular formula is C17H17N3O2S. The molecule has 1 amide bonds. The average Bonchev–Trinajstić information content (AvgIpc) is 3.06. The number of aromatic amines is 1. The van der Waals surface area contributed by atoms with Gasteiger partial charge in [0.15, 0.2) is 0 Å². The number of aryl methyl sites for hydroxylation is 1. The van der Waals surface area contributed by atoms with Gasteiger partial charge < -0.3 is 10.3 Å². The summed E-state index contributed by atoms with van der Waals surface area (Å²) in [6.07, 6.45) is 1.43. The van der Waals surface area contributed by atoms with E-state index in [2.05, 4.69) is 21.4 Å². The number of carbonyl (C=O) groups excluding carboxylic acids is 1. The number of para-hydroxylation sites is 2. The number of amides is 1. The summed E-state index contributed by atoms with van der Waals surface area (Å²) in [6.45, 7) is 0.612. The zero-order valence-electron chi connectivity index (χ0n) is 12.5. The van der Waals surface area contributed by atoms with Crippen molar-refractivity contribution in [1.29, 1.82) is 0 Å². The predicted octanol–water partition coefficient (Wildman–Crippen LogP) is 2.28. The number of aromatic nitrogens is 2. The molecular weight excluding hydrogens is 310 g/mol. The van der Waals surface area contributed by atoms with E-state index in [1.165, 1.54) is 4.88 Å². The van der Waals surface area contributed by atoms with Crippen molar-refractivity contribution in [2.75, 3.05) is 6.54 Å². The van der Waals surface area contributed by atoms with Crippen molar-refractivity contribution >= 4 is 28.3 Å². The fourth-order valence-electron chi connectivity index (χ4n) is 2.34. The topological polar surface area (TPSA) is 74.8 Å². The number of rotatable bonds is 6. The summed E-state index contributed by atoms with van der Waals surface area (Å²) in [6, 6.07) is 11.4. The van der Waals surface area contributed by atoms with Crippen molar-refractivity contribution in [2.24, 2.45) is 0 Å². The molecule has 5 nitrogen and oxygen atoms in total. The predicted molar refractivity (Wildman–Crippen MR) is 91.7 cm³/mol. The number of carbonyl (C=O) groups is 1. The number of benzene rings is 1. The Morgan fingerprint density at radius 1 is 1.17 bits per heavy atom. The maximum absolute atomic E-state index is 12.0. The van der Waals surface area contributed by atoms with Crippen LogP contribution in [0.4, 0.5) is 0 Å². The number of fused-ring (bicyclic) bond motifs is 1. The average molecular weight is 327 g/mol. The number of hydrogen-bond acceptors (Lipinski definition) is 4. The van der Waals surface area contributed by atoms with E-state index in [0.717, 1.165) is 11.9 Å². The molecule has 0 saturated carbocycles. The van der Waals surface area contributed by atoms with Crippen LogP contribution in [0.1, 0.15) is 17.0 Å². The SMILES string of the molecule is O=C(CCc1nc2ccccc2[nH]c1=O)NCCc1cccs1. The van der Waals surface area contributed by atoms with Gasteiger partial charge in [0, 0.05) is 24.3 Å². The summed E-state index contributed by atoms with van der Waals surface area (Å²) in [5.74, 6) is -0.0593. The minimum Gasteiger partial charge on any atom is -0.356 e. The summed E-state index contributed by atoms with van der Waals surface area (Å²) in [4.78, 5) is 32.2. The smallest absolute Gasteiger partial charge is 0.270 e. The molecule has 0 aliphatic carbocycles. The fraction of sp³-hybridized carbons (Fsp3) is 0.235. The molecule has 0 aliphatic heterocycles. The number of H-pyrrole nitrogens is 1. The molecule has 3 rings (SSSR count). The van der Waals surface area contributed by atoms with Crippen LogP contribution in [0, 0.1) is 0 Å². The molecule has 2 aromatic heterocycles. The van der Waals surface area contributed by atoms with Gasteiger partial charge in [-0.15, -0.1) is 11.3 Å². The number of thiophene rings is 1. The molecule has 3 aromatic rings. The fourth-order valence-corrected chi connectivity index (χ4v) is 3.05. The lowest BCUT2D eigenvalue weighted by Crippen LogP contribution is -2.27. The van der Waals surface area contributed by atoms with Crippen molar-refractivity contribution in [3.8, 4) is 0 Å². The van der Waals surface area contributed by atoms with Crippen LogP contribution in [-0.2, 0) is 17.6 Å². The molecule has 2 N–H and O–H groups in total. The lowest BCUT2D eigenvalue weighted by molar-refractivity contribution is -0.121. The summed E-state index contributed by atoms with van der Waals surface area (Å²) < 4.78 is 0. The Morgan fingerprint density at radius 3 is 2.87 bits per heavy atom. The van der Waals surface area contributed by atoms with E-state index in [0.29, 0.717) is 24.2 Å². The highest BCUT2D eigenvalue weighted by molar-refractivity contribution is 7.09. The molecule has 0 saturated heterocycles. The Morgan fingerprint density at radius 2 is 2.04 bits per heavy atom. The third kappa shape index (κ3) is 4.04. The van der Waals surface area contributed by atoms with Gasteiger partial charge >= 0.3 is 0 Å². The van der Waals surface area contributed by atoms with Crippen LogP contribution in [0.25, 0.3) is 11.0 Å². The van der Waals surface area contributed by atoms with Crippen molar-refractivity contribution in [1.82, 2.24) is 15.3 Å². The van der Waals surface area contributed by atoms with Crippen LogP contribution in [0.3, 0.4) is 0 Å². The third-order valence-electron chi connectivity index (χ3n) is 3.53. The molecule has 0 atom stereocenters. The van der Waals surface area contributed by atoms with Gasteiger partial charge in [0.05, 0.1) is 11.0 Å². The maximum Gasteiger partial charge on any atom is 0.270 e. The molecule has 0 aliphatic rings. The minimum atomic E-state index is -0.227. The largest absolute Gasteiger partial charge is 0.356 e. The summed E-state index contributed by atoms with van der Waals surface area (Å²) >= 11 is 1.68. The van der Waals surface area contributed by atoms with Crippen LogP contribution >= 0.6 is 11.3 Å². The van der Waals surface area contributed by atoms with E-state index in [1.807, 2.05) is 35.7 Å². The Kier molecular flexibility index (Phi) is 4.83. The van der Waals surface area contributed by atoms with Gasteiger partial charge in [0.25, 0.3) is 5.56 Å². The van der Waals surface area contributed by atoms with Gasteiger partial charge in [0.2, 0.25) is 5.91 Å². The summed E-state index contributed by atoms with van der Waals surface area (Å²) in [5, 5.41) is 4.90. The Labute approximate surface area is 137 Å². The third-order valence-corrected chi connectivity index (χ3v) is 4.47. The van der Waals surface area contributed by atoms with Crippen LogP contribution in [-0.4, -0.2) is 22.4 Å². The highest BCUT2D eigenvalue weighted by atomic mass is 32.1. The molecule has 0 bridgehead atoms. The first kappa shape index (κ1) is 15.4. The van der Waals surface area contributed by atoms with Crippen LogP contribution in [0.15, 0.2) is 46.6 Å². The van der Waals surface area contributed by atoms with E-state index < -0.39 is 0 Å². The second-order valence-electron chi connectivity index (χ2n) is 5.21. The van der Waals surface area contributed by atoms with Gasteiger partial charge in [-0.05, 0) is 30.0 Å². The lowest BCUT2D eigenvalue weighted by Gasteiger charge is -2.05. The molecule has 118 valence electrons. The van der Waals surface area contributed by atoms with Crippen molar-refractivity contribution < 1.29 is 4.79 Å².